The third-order valence-corrected chi connectivity index (χ3v) is 3.64. The molecule has 2 aromatic rings. The number of nitrogens with one attached hydrogen (secondary N) is 1. The fourth-order valence-corrected chi connectivity index (χ4v) is 2.47. The number of aromatic nitrogens is 2. The number of benzene rings is 1. The topological polar surface area (TPSA) is 47.0 Å². The summed E-state index contributed by atoms with van der Waals surface area (Å²) < 4.78 is 5.80. The first kappa shape index (κ1) is 13.9. The normalized spacial score (nSPS) is 13.7. The summed E-state index contributed by atoms with van der Waals surface area (Å²) in [6, 6.07) is 8.24. The third kappa shape index (κ3) is 2.58. The lowest BCUT2D eigenvalue weighted by molar-refractivity contribution is 0.358. The van der Waals surface area contributed by atoms with E-state index < -0.39 is 0 Å². The van der Waals surface area contributed by atoms with Gasteiger partial charge in [-0.15, -0.1) is 0 Å². The van der Waals surface area contributed by atoms with Gasteiger partial charge in [-0.05, 0) is 11.6 Å². The van der Waals surface area contributed by atoms with Crippen molar-refractivity contribution in [1.82, 2.24) is 9.97 Å². The number of hydrogen-bond donors (Lipinski definition) is 1. The second-order valence-electron chi connectivity index (χ2n) is 6.35. The van der Waals surface area contributed by atoms with E-state index >= 15 is 0 Å². The van der Waals surface area contributed by atoms with E-state index in [4.69, 9.17) is 9.72 Å². The van der Waals surface area contributed by atoms with Gasteiger partial charge in [-0.2, -0.15) is 0 Å². The molecule has 0 saturated heterocycles. The molecule has 0 radical (unpaired) electrons. The Morgan fingerprint density at radius 3 is 2.71 bits per heavy atom. The molecule has 1 aromatic heterocycles. The van der Waals surface area contributed by atoms with E-state index in [0.717, 1.165) is 41.7 Å². The van der Waals surface area contributed by atoms with E-state index in [9.17, 15) is 0 Å². The molecule has 0 bridgehead atoms. The Hall–Kier alpha value is -2.10. The number of para-hydroxylation sites is 1. The Kier molecular flexibility index (Phi) is 3.32. The molecule has 0 spiro atoms. The summed E-state index contributed by atoms with van der Waals surface area (Å²) in [4.78, 5) is 9.35. The predicted octanol–water partition coefficient (Wildman–Crippen LogP) is 3.42. The largest absolute Gasteiger partial charge is 0.492 e. The van der Waals surface area contributed by atoms with Gasteiger partial charge in [0.15, 0.2) is 0 Å². The summed E-state index contributed by atoms with van der Waals surface area (Å²) in [5.41, 5.74) is 3.13. The smallest absolute Gasteiger partial charge is 0.136 e. The van der Waals surface area contributed by atoms with Gasteiger partial charge in [0.25, 0.3) is 0 Å². The van der Waals surface area contributed by atoms with Crippen LogP contribution in [0, 0.1) is 0 Å². The van der Waals surface area contributed by atoms with E-state index in [0.29, 0.717) is 0 Å². The lowest BCUT2D eigenvalue weighted by atomic mass is 9.95. The highest BCUT2D eigenvalue weighted by Crippen LogP contribution is 2.37. The first-order valence-electron chi connectivity index (χ1n) is 7.31. The van der Waals surface area contributed by atoms with Crippen molar-refractivity contribution in [3.8, 4) is 17.0 Å². The zero-order valence-corrected chi connectivity index (χ0v) is 13.0. The molecular weight excluding hydrogens is 262 g/mol. The Bertz CT molecular complexity index is 674. The predicted molar refractivity (Wildman–Crippen MR) is 84.9 cm³/mol. The minimum absolute atomic E-state index is 0.0968. The Morgan fingerprint density at radius 2 is 2.00 bits per heavy atom. The summed E-state index contributed by atoms with van der Waals surface area (Å²) in [5, 5.41) is 3.13. The molecule has 0 saturated carbocycles. The van der Waals surface area contributed by atoms with Crippen molar-refractivity contribution in [3.05, 3.63) is 35.7 Å². The van der Waals surface area contributed by atoms with E-state index in [2.05, 4.69) is 49.3 Å². The highest BCUT2D eigenvalue weighted by atomic mass is 16.5. The lowest BCUT2D eigenvalue weighted by Gasteiger charge is -2.19. The summed E-state index contributed by atoms with van der Waals surface area (Å²) in [7, 11) is 1.88. The molecule has 1 N–H and O–H groups in total. The minimum Gasteiger partial charge on any atom is -0.492 e. The number of fused-ring (bicyclic) bond motifs is 1. The van der Waals surface area contributed by atoms with E-state index in [-0.39, 0.29) is 5.41 Å². The number of rotatable bonds is 2. The van der Waals surface area contributed by atoms with Crippen LogP contribution in [0.15, 0.2) is 24.3 Å². The molecule has 1 aliphatic heterocycles. The van der Waals surface area contributed by atoms with Gasteiger partial charge in [-0.3, -0.25) is 0 Å². The van der Waals surface area contributed by atoms with Crippen molar-refractivity contribution >= 4 is 5.82 Å². The highest BCUT2D eigenvalue weighted by molar-refractivity contribution is 5.71. The van der Waals surface area contributed by atoms with Crippen LogP contribution in [0.5, 0.6) is 5.75 Å². The molecule has 4 heteroatoms. The van der Waals surface area contributed by atoms with Crippen LogP contribution >= 0.6 is 0 Å². The van der Waals surface area contributed by atoms with Crippen LogP contribution in [0.2, 0.25) is 0 Å². The maximum Gasteiger partial charge on any atom is 0.136 e. The molecule has 4 nitrogen and oxygen atoms in total. The van der Waals surface area contributed by atoms with Crippen LogP contribution in [0.3, 0.4) is 0 Å². The maximum absolute atomic E-state index is 5.80. The molecule has 0 fully saturated rings. The van der Waals surface area contributed by atoms with E-state index in [1.807, 2.05) is 13.1 Å². The van der Waals surface area contributed by atoms with Gasteiger partial charge >= 0.3 is 0 Å². The zero-order valence-electron chi connectivity index (χ0n) is 13.0. The number of hydrogen-bond acceptors (Lipinski definition) is 4. The first-order chi connectivity index (χ1) is 9.99. The van der Waals surface area contributed by atoms with Gasteiger partial charge in [0.2, 0.25) is 0 Å². The highest BCUT2D eigenvalue weighted by Gasteiger charge is 2.22. The number of anilines is 1. The SMILES string of the molecule is CNc1cc(-c2cccc3c2OCC3)nc(C(C)(C)C)n1. The van der Waals surface area contributed by atoms with Crippen LogP contribution in [-0.2, 0) is 11.8 Å². The van der Waals surface area contributed by atoms with Crippen LogP contribution in [0.4, 0.5) is 5.82 Å². The van der Waals surface area contributed by atoms with Crippen molar-refractivity contribution in [2.24, 2.45) is 0 Å². The van der Waals surface area contributed by atoms with Crippen molar-refractivity contribution in [2.75, 3.05) is 19.0 Å². The molecule has 0 amide bonds. The molecule has 110 valence electrons. The van der Waals surface area contributed by atoms with Crippen molar-refractivity contribution in [3.63, 3.8) is 0 Å². The fraction of sp³-hybridized carbons (Fsp3) is 0.412. The van der Waals surface area contributed by atoms with E-state index in [1.165, 1.54) is 5.56 Å². The summed E-state index contributed by atoms with van der Waals surface area (Å²) in [6.07, 6.45) is 0.971. The first-order valence-corrected chi connectivity index (χ1v) is 7.31. The molecule has 0 aliphatic carbocycles. The van der Waals surface area contributed by atoms with Crippen LogP contribution in [-0.4, -0.2) is 23.6 Å². The monoisotopic (exact) mass is 283 g/mol. The van der Waals surface area contributed by atoms with Crippen LogP contribution < -0.4 is 10.1 Å². The second kappa shape index (κ2) is 5.02. The van der Waals surface area contributed by atoms with Crippen molar-refractivity contribution in [2.45, 2.75) is 32.6 Å². The molecule has 0 unspecified atom stereocenters. The second-order valence-corrected chi connectivity index (χ2v) is 6.35. The van der Waals surface area contributed by atoms with Crippen molar-refractivity contribution in [1.29, 1.82) is 0 Å². The number of nitrogens with zero attached hydrogens (tertiary/aromatic N) is 2. The molecule has 2 heterocycles. The van der Waals surface area contributed by atoms with Gasteiger partial charge < -0.3 is 10.1 Å². The van der Waals surface area contributed by atoms with Gasteiger partial charge in [-0.1, -0.05) is 32.9 Å². The van der Waals surface area contributed by atoms with Crippen LogP contribution in [0.25, 0.3) is 11.3 Å². The summed E-state index contributed by atoms with van der Waals surface area (Å²) >= 11 is 0. The average Bonchev–Trinajstić information content (AvgIpc) is 2.94. The molecule has 21 heavy (non-hydrogen) atoms. The summed E-state index contributed by atoms with van der Waals surface area (Å²) in [6.45, 7) is 7.12. The Labute approximate surface area is 125 Å². The zero-order chi connectivity index (χ0) is 15.0. The van der Waals surface area contributed by atoms with Crippen LogP contribution in [0.1, 0.15) is 32.2 Å². The molecule has 0 atom stereocenters. The third-order valence-electron chi connectivity index (χ3n) is 3.64. The quantitative estimate of drug-likeness (QED) is 0.917. The standard InChI is InChI=1S/C17H21N3O/c1-17(2,3)16-19-13(10-14(18-4)20-16)12-7-5-6-11-8-9-21-15(11)12/h5-7,10H,8-9H2,1-4H3,(H,18,19,20). The maximum atomic E-state index is 5.80. The van der Waals surface area contributed by atoms with Gasteiger partial charge in [0.05, 0.1) is 12.3 Å². The number of ether oxygens (including phenoxy) is 1. The Balaban J connectivity index is 2.17. The van der Waals surface area contributed by atoms with Crippen molar-refractivity contribution < 1.29 is 4.74 Å². The fourth-order valence-electron chi connectivity index (χ4n) is 2.47. The van der Waals surface area contributed by atoms with Gasteiger partial charge in [0, 0.05) is 30.5 Å². The molecule has 1 aromatic carbocycles. The van der Waals surface area contributed by atoms with E-state index in [1.54, 1.807) is 0 Å². The Morgan fingerprint density at radius 1 is 1.19 bits per heavy atom. The summed E-state index contributed by atoms with van der Waals surface area (Å²) in [5.74, 6) is 2.64. The lowest BCUT2D eigenvalue weighted by Crippen LogP contribution is -2.17. The van der Waals surface area contributed by atoms with Gasteiger partial charge in [-0.25, -0.2) is 9.97 Å². The average molecular weight is 283 g/mol. The molecular formula is C17H21N3O. The molecule has 3 rings (SSSR count). The molecule has 1 aliphatic rings. The minimum atomic E-state index is -0.0968. The van der Waals surface area contributed by atoms with Gasteiger partial charge in [0.1, 0.15) is 17.4 Å².